The number of nitrogens with zero attached hydrogens (tertiary/aromatic N) is 2. The summed E-state index contributed by atoms with van der Waals surface area (Å²) in [4.78, 5) is 18.4. The van der Waals surface area contributed by atoms with Crippen molar-refractivity contribution in [1.29, 1.82) is 0 Å². The Balaban J connectivity index is 2.00. The summed E-state index contributed by atoms with van der Waals surface area (Å²) < 4.78 is 44.3. The molecule has 128 valence electrons. The lowest BCUT2D eigenvalue weighted by Gasteiger charge is -2.24. The first-order chi connectivity index (χ1) is 10.8. The Morgan fingerprint density at radius 1 is 1.48 bits per heavy atom. The summed E-state index contributed by atoms with van der Waals surface area (Å²) in [5, 5.41) is 11.3. The fourth-order valence-electron chi connectivity index (χ4n) is 2.44. The van der Waals surface area contributed by atoms with E-state index in [1.54, 1.807) is 0 Å². The van der Waals surface area contributed by atoms with Crippen molar-refractivity contribution >= 4 is 11.9 Å². The minimum Gasteiger partial charge on any atom is -0.478 e. The van der Waals surface area contributed by atoms with Gasteiger partial charge in [-0.3, -0.25) is 0 Å². The van der Waals surface area contributed by atoms with Crippen LogP contribution in [0, 0.1) is 6.92 Å². The first-order valence-corrected chi connectivity index (χ1v) is 7.30. The van der Waals surface area contributed by atoms with Crippen LogP contribution in [0.5, 0.6) is 0 Å². The van der Waals surface area contributed by atoms with Gasteiger partial charge in [0.25, 0.3) is 0 Å². The van der Waals surface area contributed by atoms with E-state index < -0.39 is 24.8 Å². The Morgan fingerprint density at radius 3 is 2.65 bits per heavy atom. The number of carbonyl (C=O) groups is 1. The number of alkyl halides is 3. The molecule has 1 heterocycles. The van der Waals surface area contributed by atoms with Crippen LogP contribution in [0.4, 0.5) is 19.1 Å². The highest BCUT2D eigenvalue weighted by atomic mass is 19.4. The monoisotopic (exact) mass is 333 g/mol. The van der Waals surface area contributed by atoms with Gasteiger partial charge in [-0.1, -0.05) is 12.8 Å². The van der Waals surface area contributed by atoms with Gasteiger partial charge in [0.2, 0.25) is 5.95 Å². The SMILES string of the molecule is Cc1nc(NCC(OC2CCCC2)C(F)(F)F)ncc1C(=O)O. The molecule has 1 unspecified atom stereocenters. The minimum atomic E-state index is -4.49. The number of rotatable bonds is 6. The molecular weight excluding hydrogens is 315 g/mol. The standard InChI is InChI=1S/C14H18F3N3O3/c1-8-10(12(21)22)6-18-13(20-8)19-7-11(14(15,16)17)23-9-4-2-3-5-9/h6,9,11H,2-5,7H2,1H3,(H,21,22)(H,18,19,20). The molecule has 23 heavy (non-hydrogen) atoms. The fourth-order valence-corrected chi connectivity index (χ4v) is 2.44. The number of anilines is 1. The molecule has 0 bridgehead atoms. The second-order valence-corrected chi connectivity index (χ2v) is 5.45. The van der Waals surface area contributed by atoms with Crippen LogP contribution in [0.2, 0.25) is 0 Å². The van der Waals surface area contributed by atoms with Crippen LogP contribution in [0.1, 0.15) is 41.7 Å². The van der Waals surface area contributed by atoms with Crippen molar-refractivity contribution in [3.8, 4) is 0 Å². The van der Waals surface area contributed by atoms with Crippen LogP contribution in [0.25, 0.3) is 0 Å². The maximum atomic E-state index is 13.0. The Labute approximate surface area is 131 Å². The summed E-state index contributed by atoms with van der Waals surface area (Å²) in [6, 6.07) is 0. The molecule has 1 atom stereocenters. The van der Waals surface area contributed by atoms with Crippen molar-refractivity contribution < 1.29 is 27.8 Å². The molecule has 1 aliphatic rings. The number of aromatic nitrogens is 2. The number of halogens is 3. The third-order valence-electron chi connectivity index (χ3n) is 3.68. The van der Waals surface area contributed by atoms with E-state index in [0.29, 0.717) is 12.8 Å². The molecule has 1 aromatic rings. The largest absolute Gasteiger partial charge is 0.478 e. The summed E-state index contributed by atoms with van der Waals surface area (Å²) in [6.45, 7) is 0.929. The summed E-state index contributed by atoms with van der Waals surface area (Å²) in [7, 11) is 0. The number of hydrogen-bond donors (Lipinski definition) is 2. The molecule has 0 aliphatic heterocycles. The fraction of sp³-hybridized carbons (Fsp3) is 0.643. The number of hydrogen-bond acceptors (Lipinski definition) is 5. The first-order valence-electron chi connectivity index (χ1n) is 7.30. The molecule has 2 N–H and O–H groups in total. The predicted octanol–water partition coefficient (Wildman–Crippen LogP) is 2.79. The second kappa shape index (κ2) is 7.12. The van der Waals surface area contributed by atoms with E-state index in [1.165, 1.54) is 6.92 Å². The van der Waals surface area contributed by atoms with Crippen LogP contribution < -0.4 is 5.32 Å². The van der Waals surface area contributed by atoms with Gasteiger partial charge in [0.1, 0.15) is 0 Å². The van der Waals surface area contributed by atoms with E-state index in [1.807, 2.05) is 0 Å². The lowest BCUT2D eigenvalue weighted by molar-refractivity contribution is -0.227. The second-order valence-electron chi connectivity index (χ2n) is 5.45. The zero-order valence-electron chi connectivity index (χ0n) is 12.6. The van der Waals surface area contributed by atoms with E-state index in [2.05, 4.69) is 15.3 Å². The minimum absolute atomic E-state index is 0.0585. The van der Waals surface area contributed by atoms with Crippen molar-refractivity contribution in [2.75, 3.05) is 11.9 Å². The van der Waals surface area contributed by atoms with Crippen molar-refractivity contribution in [2.45, 2.75) is 51.0 Å². The summed E-state index contributed by atoms with van der Waals surface area (Å²) in [5.41, 5.74) is 0.0837. The molecule has 0 aromatic carbocycles. The lowest BCUT2D eigenvalue weighted by Crippen LogP contribution is -2.40. The smallest absolute Gasteiger partial charge is 0.416 e. The maximum Gasteiger partial charge on any atom is 0.416 e. The highest BCUT2D eigenvalue weighted by Gasteiger charge is 2.42. The first kappa shape index (κ1) is 17.5. The molecule has 0 amide bonds. The van der Waals surface area contributed by atoms with E-state index >= 15 is 0 Å². The molecule has 1 saturated carbocycles. The van der Waals surface area contributed by atoms with Gasteiger partial charge < -0.3 is 15.2 Å². The van der Waals surface area contributed by atoms with Crippen LogP contribution in [-0.4, -0.2) is 46.0 Å². The number of nitrogens with one attached hydrogen (secondary N) is 1. The summed E-state index contributed by atoms with van der Waals surface area (Å²) >= 11 is 0. The van der Waals surface area contributed by atoms with Crippen molar-refractivity contribution in [2.24, 2.45) is 0 Å². The van der Waals surface area contributed by atoms with Crippen molar-refractivity contribution in [1.82, 2.24) is 9.97 Å². The molecule has 1 aromatic heterocycles. The van der Waals surface area contributed by atoms with E-state index in [9.17, 15) is 18.0 Å². The third-order valence-corrected chi connectivity index (χ3v) is 3.68. The highest BCUT2D eigenvalue weighted by Crippen LogP contribution is 2.29. The zero-order chi connectivity index (χ0) is 17.0. The van der Waals surface area contributed by atoms with Crippen LogP contribution in [-0.2, 0) is 4.74 Å². The topological polar surface area (TPSA) is 84.3 Å². The quantitative estimate of drug-likeness (QED) is 0.833. The molecule has 1 aliphatic carbocycles. The predicted molar refractivity (Wildman–Crippen MR) is 75.4 cm³/mol. The Bertz CT molecular complexity index is 560. The summed E-state index contributed by atoms with van der Waals surface area (Å²) in [5.74, 6) is -1.25. The van der Waals surface area contributed by atoms with Gasteiger partial charge in [0, 0.05) is 6.20 Å². The number of ether oxygens (including phenoxy) is 1. The molecule has 0 radical (unpaired) electrons. The summed E-state index contributed by atoms with van der Waals surface area (Å²) in [6.07, 6.45) is -2.73. The average molecular weight is 333 g/mol. The number of aromatic carboxylic acids is 1. The number of carboxylic acid groups (broad SMARTS) is 1. The number of aryl methyl sites for hydroxylation is 1. The van der Waals surface area contributed by atoms with Crippen LogP contribution >= 0.6 is 0 Å². The van der Waals surface area contributed by atoms with Crippen LogP contribution in [0.15, 0.2) is 6.20 Å². The Hall–Kier alpha value is -1.90. The zero-order valence-corrected chi connectivity index (χ0v) is 12.6. The molecule has 1 fully saturated rings. The molecular formula is C14H18F3N3O3. The van der Waals surface area contributed by atoms with Gasteiger partial charge in [-0.05, 0) is 19.8 Å². The molecule has 9 heteroatoms. The highest BCUT2D eigenvalue weighted by molar-refractivity contribution is 5.88. The van der Waals surface area contributed by atoms with Gasteiger partial charge >= 0.3 is 12.1 Å². The van der Waals surface area contributed by atoms with Gasteiger partial charge in [-0.25, -0.2) is 14.8 Å². The van der Waals surface area contributed by atoms with E-state index in [0.717, 1.165) is 19.0 Å². The maximum absolute atomic E-state index is 13.0. The molecule has 0 spiro atoms. The third kappa shape index (κ3) is 4.78. The average Bonchev–Trinajstić information content (AvgIpc) is 2.94. The Kier molecular flexibility index (Phi) is 5.40. The molecule has 2 rings (SSSR count). The normalized spacial score (nSPS) is 17.2. The molecule has 6 nitrogen and oxygen atoms in total. The van der Waals surface area contributed by atoms with E-state index in [4.69, 9.17) is 9.84 Å². The van der Waals surface area contributed by atoms with Crippen LogP contribution in [0.3, 0.4) is 0 Å². The van der Waals surface area contributed by atoms with Gasteiger partial charge in [-0.2, -0.15) is 13.2 Å². The van der Waals surface area contributed by atoms with Crippen molar-refractivity contribution in [3.63, 3.8) is 0 Å². The lowest BCUT2D eigenvalue weighted by atomic mass is 10.2. The number of carboxylic acids is 1. The molecule has 0 saturated heterocycles. The Morgan fingerprint density at radius 2 is 2.13 bits per heavy atom. The van der Waals surface area contributed by atoms with Gasteiger partial charge in [0.05, 0.1) is 23.9 Å². The van der Waals surface area contributed by atoms with E-state index in [-0.39, 0.29) is 23.3 Å². The van der Waals surface area contributed by atoms with Crippen molar-refractivity contribution in [3.05, 3.63) is 17.5 Å². The van der Waals surface area contributed by atoms with Gasteiger partial charge in [-0.15, -0.1) is 0 Å². The van der Waals surface area contributed by atoms with Gasteiger partial charge in [0.15, 0.2) is 6.10 Å².